The van der Waals surface area contributed by atoms with Gasteiger partial charge < -0.3 is 29.4 Å². The molecule has 4 aliphatic heterocycles. The molecule has 11 atom stereocenters. The lowest BCUT2D eigenvalue weighted by Crippen LogP contribution is -2.58. The van der Waals surface area contributed by atoms with Crippen molar-refractivity contribution in [3.05, 3.63) is 64.5 Å². The molecule has 4 fully saturated rings. The fourth-order valence-electron chi connectivity index (χ4n) is 11.8. The Balaban J connectivity index is 1.22. The van der Waals surface area contributed by atoms with Crippen LogP contribution >= 0.6 is 0 Å². The SMILES string of the molecule is CC[C@@H]1CN(C)[C@H]2Cc3c([nH]c4ccccc34)[C@@H](c3cc4[nH]c5c(c4cc3OC)CCN3C[C@H]4C[C@H]([C@@H](C)O)[C@H]3[C@H]5C4)C[C@H]1[C@@H]2C(=O)OC. The quantitative estimate of drug-likeness (QED) is 0.220. The van der Waals surface area contributed by atoms with E-state index in [1.807, 2.05) is 14.0 Å². The van der Waals surface area contributed by atoms with Crippen molar-refractivity contribution in [3.63, 3.8) is 0 Å². The topological polar surface area (TPSA) is 93.8 Å². The van der Waals surface area contributed by atoms with Crippen LogP contribution in [-0.4, -0.2) is 89.9 Å². The molecule has 6 aliphatic rings. The Labute approximate surface area is 289 Å². The van der Waals surface area contributed by atoms with Gasteiger partial charge in [-0.3, -0.25) is 9.69 Å². The fourth-order valence-corrected chi connectivity index (χ4v) is 11.8. The van der Waals surface area contributed by atoms with Gasteiger partial charge in [0.2, 0.25) is 0 Å². The number of carbonyl (C=O) groups is 1. The summed E-state index contributed by atoms with van der Waals surface area (Å²) in [7, 11) is 5.56. The first-order valence-electron chi connectivity index (χ1n) is 18.8. The van der Waals surface area contributed by atoms with Gasteiger partial charge in [0.05, 0.1) is 26.2 Å². The number of likely N-dealkylation sites (tertiary alicyclic amines) is 1. The average molecular weight is 665 g/mol. The number of methoxy groups -OCH3 is 2. The smallest absolute Gasteiger partial charge is 0.310 e. The molecule has 6 bridgehead atoms. The highest BCUT2D eigenvalue weighted by molar-refractivity contribution is 5.89. The van der Waals surface area contributed by atoms with Gasteiger partial charge in [-0.05, 0) is 93.2 Å². The van der Waals surface area contributed by atoms with Gasteiger partial charge in [0.15, 0.2) is 0 Å². The number of H-pyrrole nitrogens is 2. The molecule has 1 saturated carbocycles. The summed E-state index contributed by atoms with van der Waals surface area (Å²) in [6, 6.07) is 13.8. The van der Waals surface area contributed by atoms with Crippen LogP contribution in [0.5, 0.6) is 5.75 Å². The summed E-state index contributed by atoms with van der Waals surface area (Å²) in [6.45, 7) is 7.45. The van der Waals surface area contributed by atoms with Gasteiger partial charge >= 0.3 is 5.97 Å². The summed E-state index contributed by atoms with van der Waals surface area (Å²) in [5, 5.41) is 13.4. The lowest BCUT2D eigenvalue weighted by Gasteiger charge is -2.54. The second-order valence-electron chi connectivity index (χ2n) is 16.2. The number of likely N-dealkylation sites (N-methyl/N-ethyl adjacent to an activating group) is 1. The highest BCUT2D eigenvalue weighted by atomic mass is 16.5. The largest absolute Gasteiger partial charge is 0.496 e. The number of aromatic nitrogens is 2. The zero-order chi connectivity index (χ0) is 33.7. The molecule has 1 unspecified atom stereocenters. The third-order valence-electron chi connectivity index (χ3n) is 13.9. The molecule has 8 nitrogen and oxygen atoms in total. The molecule has 2 aliphatic carbocycles. The Morgan fingerprint density at radius 1 is 1.02 bits per heavy atom. The zero-order valence-electron chi connectivity index (χ0n) is 29.7. The average Bonchev–Trinajstić information content (AvgIpc) is 3.62. The molecule has 0 spiro atoms. The molecule has 4 aromatic rings. The maximum atomic E-state index is 13.7. The van der Waals surface area contributed by atoms with Crippen molar-refractivity contribution in [1.29, 1.82) is 0 Å². The van der Waals surface area contributed by atoms with Crippen LogP contribution in [0.2, 0.25) is 0 Å². The molecule has 10 rings (SSSR count). The van der Waals surface area contributed by atoms with Gasteiger partial charge in [-0.1, -0.05) is 31.5 Å². The number of para-hydroxylation sites is 1. The molecule has 3 N–H and O–H groups in total. The van der Waals surface area contributed by atoms with Crippen LogP contribution in [0.1, 0.15) is 79.4 Å². The van der Waals surface area contributed by atoms with Crippen LogP contribution < -0.4 is 4.74 Å². The van der Waals surface area contributed by atoms with Gasteiger partial charge in [0, 0.05) is 88.2 Å². The lowest BCUT2D eigenvalue weighted by atomic mass is 9.64. The zero-order valence-corrected chi connectivity index (χ0v) is 29.7. The highest BCUT2D eigenvalue weighted by Gasteiger charge is 2.52. The predicted octanol–water partition coefficient (Wildman–Crippen LogP) is 6.21. The van der Waals surface area contributed by atoms with Gasteiger partial charge in [-0.25, -0.2) is 0 Å². The summed E-state index contributed by atoms with van der Waals surface area (Å²) in [4.78, 5) is 26.8. The Morgan fingerprint density at radius 2 is 1.84 bits per heavy atom. The Hall–Kier alpha value is -3.33. The number of esters is 1. The Morgan fingerprint density at radius 3 is 2.61 bits per heavy atom. The Kier molecular flexibility index (Phi) is 7.67. The number of nitrogens with zero attached hydrogens (tertiary/aromatic N) is 2. The summed E-state index contributed by atoms with van der Waals surface area (Å²) in [5.41, 5.74) is 8.90. The van der Waals surface area contributed by atoms with E-state index in [0.29, 0.717) is 29.7 Å². The third-order valence-corrected chi connectivity index (χ3v) is 13.9. The monoisotopic (exact) mass is 664 g/mol. The van der Waals surface area contributed by atoms with E-state index in [1.54, 1.807) is 7.11 Å². The molecule has 0 radical (unpaired) electrons. The normalized spacial score (nSPS) is 34.5. The molecule has 2 aromatic carbocycles. The van der Waals surface area contributed by atoms with Crippen molar-refractivity contribution in [1.82, 2.24) is 19.8 Å². The number of rotatable bonds is 5. The van der Waals surface area contributed by atoms with Crippen molar-refractivity contribution >= 4 is 27.8 Å². The standard InChI is InChI=1S/C41H52N4O4/c1-6-23-20-44(3)35-17-31-24-9-7-8-10-33(24)42-39(31)30(15-27(23)37(35)41(47)49-5)29-16-34-28(18-36(29)48-4)25-11-12-45-19-22-13-26(21(2)46)40(45)32(14-22)38(25)43-34/h7-10,16,18,21-23,26-27,30,32,35,37,40,42-43,46H,6,11-15,17,19-20H2,1-5H3/t21-,22+,23-,26-,27-,30-,32+,35+,37+,40+/m1/s1. The van der Waals surface area contributed by atoms with E-state index < -0.39 is 0 Å². The number of aromatic amines is 2. The number of aliphatic hydroxyl groups is 1. The molecule has 49 heavy (non-hydrogen) atoms. The van der Waals surface area contributed by atoms with Gasteiger partial charge in [0.1, 0.15) is 5.75 Å². The number of fused-ring (bicyclic) bond motifs is 9. The van der Waals surface area contributed by atoms with Crippen LogP contribution in [0.4, 0.5) is 0 Å². The van der Waals surface area contributed by atoms with E-state index >= 15 is 0 Å². The summed E-state index contributed by atoms with van der Waals surface area (Å²) in [5.74, 6) is 2.63. The fraction of sp³-hybridized carbons (Fsp3) is 0.585. The predicted molar refractivity (Wildman–Crippen MR) is 192 cm³/mol. The summed E-state index contributed by atoms with van der Waals surface area (Å²) in [6.07, 6.45) is 5.72. The van der Waals surface area contributed by atoms with Crippen molar-refractivity contribution in [2.45, 2.75) is 82.4 Å². The van der Waals surface area contributed by atoms with Crippen LogP contribution in [0, 0.1) is 29.6 Å². The molecular formula is C41H52N4O4. The maximum Gasteiger partial charge on any atom is 0.310 e. The first kappa shape index (κ1) is 31.6. The third kappa shape index (κ3) is 4.76. The first-order valence-corrected chi connectivity index (χ1v) is 18.8. The highest BCUT2D eigenvalue weighted by Crippen LogP contribution is 2.53. The maximum absolute atomic E-state index is 13.7. The van der Waals surface area contributed by atoms with E-state index in [-0.39, 0.29) is 35.9 Å². The van der Waals surface area contributed by atoms with Gasteiger partial charge in [-0.15, -0.1) is 0 Å². The number of aliphatic hydroxyl groups excluding tert-OH is 1. The van der Waals surface area contributed by atoms with Crippen molar-refractivity contribution in [2.75, 3.05) is 40.9 Å². The molecular weight excluding hydrogens is 612 g/mol. The second-order valence-corrected chi connectivity index (χ2v) is 16.2. The van der Waals surface area contributed by atoms with Crippen molar-refractivity contribution in [2.24, 2.45) is 29.6 Å². The second kappa shape index (κ2) is 11.9. The van der Waals surface area contributed by atoms with Crippen molar-refractivity contribution in [3.8, 4) is 5.75 Å². The molecule has 6 heterocycles. The van der Waals surface area contributed by atoms with E-state index in [0.717, 1.165) is 63.0 Å². The number of hydrogen-bond acceptors (Lipinski definition) is 6. The van der Waals surface area contributed by atoms with Gasteiger partial charge in [-0.2, -0.15) is 0 Å². The van der Waals surface area contributed by atoms with E-state index in [2.05, 4.69) is 70.1 Å². The van der Waals surface area contributed by atoms with Gasteiger partial charge in [0.25, 0.3) is 0 Å². The summed E-state index contributed by atoms with van der Waals surface area (Å²) < 4.78 is 11.9. The molecule has 2 aromatic heterocycles. The minimum atomic E-state index is -0.291. The Bertz CT molecular complexity index is 1910. The first-order chi connectivity index (χ1) is 23.8. The molecule has 8 heteroatoms. The van der Waals surface area contributed by atoms with E-state index in [1.165, 1.54) is 50.8 Å². The number of nitrogens with one attached hydrogen (secondary N) is 2. The number of hydrogen-bond donors (Lipinski definition) is 3. The van der Waals surface area contributed by atoms with Crippen LogP contribution in [0.25, 0.3) is 21.8 Å². The number of carbonyl (C=O) groups excluding carboxylic acids is 1. The molecule has 260 valence electrons. The van der Waals surface area contributed by atoms with Crippen LogP contribution in [-0.2, 0) is 22.4 Å². The minimum absolute atomic E-state index is 0.0289. The number of ether oxygens (including phenoxy) is 2. The summed E-state index contributed by atoms with van der Waals surface area (Å²) >= 11 is 0. The lowest BCUT2D eigenvalue weighted by molar-refractivity contribution is -0.155. The van der Waals surface area contributed by atoms with E-state index in [9.17, 15) is 9.90 Å². The molecule has 0 amide bonds. The van der Waals surface area contributed by atoms with Crippen LogP contribution in [0.15, 0.2) is 36.4 Å². The molecule has 3 saturated heterocycles. The van der Waals surface area contributed by atoms with Crippen molar-refractivity contribution < 1.29 is 19.4 Å². The number of benzene rings is 2. The van der Waals surface area contributed by atoms with Crippen LogP contribution in [0.3, 0.4) is 0 Å². The van der Waals surface area contributed by atoms with E-state index in [4.69, 9.17) is 9.47 Å². The minimum Gasteiger partial charge on any atom is -0.496 e. The number of piperidine rings is 3.